The standard InChI is InChI=1S/C18H23N3O4S2/c1-12(17(22)14-4-6-15(25-3)7-5-14)26-18-20-19-16(21(18)2)10-13-8-9-27(23,24)11-13/h4-7,12-13H,8-11H2,1-3H3/t12-,13-/m0/s1. The molecule has 27 heavy (non-hydrogen) atoms. The summed E-state index contributed by atoms with van der Waals surface area (Å²) in [6.45, 7) is 1.84. The zero-order valence-corrected chi connectivity index (χ0v) is 17.2. The van der Waals surface area contributed by atoms with Gasteiger partial charge in [-0.1, -0.05) is 11.8 Å². The average Bonchev–Trinajstić information content (AvgIpc) is 3.17. The molecule has 146 valence electrons. The van der Waals surface area contributed by atoms with Crippen molar-refractivity contribution >= 4 is 27.4 Å². The predicted octanol–water partition coefficient (Wildman–Crippen LogP) is 2.16. The van der Waals surface area contributed by atoms with Gasteiger partial charge in [0.1, 0.15) is 11.6 Å². The van der Waals surface area contributed by atoms with Gasteiger partial charge in [0.05, 0.1) is 23.9 Å². The zero-order valence-electron chi connectivity index (χ0n) is 15.6. The van der Waals surface area contributed by atoms with E-state index in [1.54, 1.807) is 31.4 Å². The second-order valence-corrected chi connectivity index (χ2v) is 10.3. The number of thioether (sulfide) groups is 1. The highest BCUT2D eigenvalue weighted by Gasteiger charge is 2.29. The maximum atomic E-state index is 12.6. The summed E-state index contributed by atoms with van der Waals surface area (Å²) in [4.78, 5) is 12.6. The minimum absolute atomic E-state index is 0.00842. The number of ether oxygens (including phenoxy) is 1. The molecule has 0 amide bonds. The van der Waals surface area contributed by atoms with Gasteiger partial charge in [-0.25, -0.2) is 8.42 Å². The Balaban J connectivity index is 1.65. The van der Waals surface area contributed by atoms with Crippen LogP contribution in [0.15, 0.2) is 29.4 Å². The van der Waals surface area contributed by atoms with E-state index in [-0.39, 0.29) is 28.5 Å². The van der Waals surface area contributed by atoms with Crippen molar-refractivity contribution in [3.05, 3.63) is 35.7 Å². The lowest BCUT2D eigenvalue weighted by molar-refractivity contribution is 0.0994. The quantitative estimate of drug-likeness (QED) is 0.511. The number of ketones is 1. The fourth-order valence-corrected chi connectivity index (χ4v) is 5.89. The summed E-state index contributed by atoms with van der Waals surface area (Å²) in [5, 5.41) is 8.73. The van der Waals surface area contributed by atoms with E-state index in [2.05, 4.69) is 10.2 Å². The van der Waals surface area contributed by atoms with Gasteiger partial charge in [0, 0.05) is 19.0 Å². The van der Waals surface area contributed by atoms with Gasteiger partial charge in [-0.15, -0.1) is 10.2 Å². The van der Waals surface area contributed by atoms with Gasteiger partial charge in [-0.3, -0.25) is 4.79 Å². The molecule has 9 heteroatoms. The molecule has 2 aromatic rings. The first-order valence-electron chi connectivity index (χ1n) is 8.72. The number of hydrogen-bond acceptors (Lipinski definition) is 7. The van der Waals surface area contributed by atoms with Crippen LogP contribution in [-0.2, 0) is 23.3 Å². The molecule has 3 rings (SSSR count). The second kappa shape index (κ2) is 8.02. The lowest BCUT2D eigenvalue weighted by Crippen LogP contribution is -2.15. The third-order valence-corrected chi connectivity index (χ3v) is 7.72. The molecule has 0 saturated carbocycles. The number of Topliss-reactive ketones (excluding diaryl/α,β-unsaturated/α-hetero) is 1. The predicted molar refractivity (Wildman–Crippen MR) is 104 cm³/mol. The lowest BCUT2D eigenvalue weighted by atomic mass is 10.1. The molecule has 1 aliphatic heterocycles. The van der Waals surface area contributed by atoms with Crippen LogP contribution in [0.4, 0.5) is 0 Å². The molecule has 0 spiro atoms. The Bertz CT molecular complexity index is 923. The van der Waals surface area contributed by atoms with Crippen molar-refractivity contribution in [3.63, 3.8) is 0 Å². The number of sulfone groups is 1. The Morgan fingerprint density at radius 2 is 2.04 bits per heavy atom. The first-order chi connectivity index (χ1) is 12.8. The largest absolute Gasteiger partial charge is 0.497 e. The number of methoxy groups -OCH3 is 1. The molecule has 1 fully saturated rings. The maximum absolute atomic E-state index is 12.6. The van der Waals surface area contributed by atoms with Crippen LogP contribution in [0.5, 0.6) is 5.75 Å². The molecule has 0 unspecified atom stereocenters. The van der Waals surface area contributed by atoms with E-state index in [4.69, 9.17) is 4.74 Å². The van der Waals surface area contributed by atoms with E-state index in [9.17, 15) is 13.2 Å². The molecule has 2 heterocycles. The van der Waals surface area contributed by atoms with Crippen LogP contribution in [0.2, 0.25) is 0 Å². The van der Waals surface area contributed by atoms with Crippen LogP contribution in [-0.4, -0.2) is 52.8 Å². The van der Waals surface area contributed by atoms with Crippen LogP contribution in [0.3, 0.4) is 0 Å². The summed E-state index contributed by atoms with van der Waals surface area (Å²) >= 11 is 1.35. The van der Waals surface area contributed by atoms with E-state index in [1.807, 2.05) is 18.5 Å². The lowest BCUT2D eigenvalue weighted by Gasteiger charge is -2.11. The van der Waals surface area contributed by atoms with Gasteiger partial charge in [0.2, 0.25) is 0 Å². The number of nitrogens with zero attached hydrogens (tertiary/aromatic N) is 3. The molecule has 2 atom stereocenters. The third kappa shape index (κ3) is 4.70. The third-order valence-electron chi connectivity index (χ3n) is 4.75. The molecule has 7 nitrogen and oxygen atoms in total. The van der Waals surface area contributed by atoms with Crippen LogP contribution in [0, 0.1) is 5.92 Å². The first-order valence-corrected chi connectivity index (χ1v) is 11.4. The van der Waals surface area contributed by atoms with E-state index < -0.39 is 9.84 Å². The van der Waals surface area contributed by atoms with Gasteiger partial charge in [-0.2, -0.15) is 0 Å². The summed E-state index contributed by atoms with van der Waals surface area (Å²) in [5.41, 5.74) is 0.620. The highest BCUT2D eigenvalue weighted by atomic mass is 32.2. The van der Waals surface area contributed by atoms with Crippen molar-refractivity contribution in [1.29, 1.82) is 0 Å². The number of hydrogen-bond donors (Lipinski definition) is 0. The number of benzene rings is 1. The fourth-order valence-electron chi connectivity index (χ4n) is 3.12. The Morgan fingerprint density at radius 1 is 1.33 bits per heavy atom. The monoisotopic (exact) mass is 409 g/mol. The van der Waals surface area contributed by atoms with Crippen molar-refractivity contribution < 1.29 is 17.9 Å². The van der Waals surface area contributed by atoms with Gasteiger partial charge >= 0.3 is 0 Å². The average molecular weight is 410 g/mol. The van der Waals surface area contributed by atoms with Gasteiger partial charge < -0.3 is 9.30 Å². The zero-order chi connectivity index (χ0) is 19.6. The van der Waals surface area contributed by atoms with E-state index in [1.165, 1.54) is 11.8 Å². The molecule has 1 aromatic heterocycles. The van der Waals surface area contributed by atoms with Crippen molar-refractivity contribution in [3.8, 4) is 5.75 Å². The Hall–Kier alpha value is -1.87. The van der Waals surface area contributed by atoms with Crippen LogP contribution in [0.25, 0.3) is 0 Å². The molecular formula is C18H23N3O4S2. The van der Waals surface area contributed by atoms with Crippen molar-refractivity contribution in [1.82, 2.24) is 14.8 Å². The molecule has 0 radical (unpaired) electrons. The number of carbonyl (C=O) groups excluding carboxylic acids is 1. The minimum atomic E-state index is -2.90. The van der Waals surface area contributed by atoms with Crippen molar-refractivity contribution in [2.24, 2.45) is 13.0 Å². The molecule has 1 saturated heterocycles. The molecule has 0 bridgehead atoms. The van der Waals surface area contributed by atoms with E-state index in [0.717, 1.165) is 5.82 Å². The van der Waals surface area contributed by atoms with Crippen molar-refractivity contribution in [2.45, 2.75) is 30.2 Å². The summed E-state index contributed by atoms with van der Waals surface area (Å²) in [6.07, 6.45) is 1.26. The Labute approximate surface area is 163 Å². The molecule has 1 aromatic carbocycles. The highest BCUT2D eigenvalue weighted by Crippen LogP contribution is 2.27. The highest BCUT2D eigenvalue weighted by molar-refractivity contribution is 8.00. The Kier molecular flexibility index (Phi) is 5.90. The summed E-state index contributed by atoms with van der Waals surface area (Å²) in [5.74, 6) is 2.03. The normalized spacial score (nSPS) is 19.7. The molecular weight excluding hydrogens is 386 g/mol. The maximum Gasteiger partial charge on any atom is 0.191 e. The van der Waals surface area contributed by atoms with E-state index in [0.29, 0.717) is 29.3 Å². The fraction of sp³-hybridized carbons (Fsp3) is 0.500. The SMILES string of the molecule is COc1ccc(C(=O)[C@H](C)Sc2nnc(C[C@@H]3CCS(=O)(=O)C3)n2C)cc1. The van der Waals surface area contributed by atoms with Crippen LogP contribution < -0.4 is 4.74 Å². The smallest absolute Gasteiger partial charge is 0.191 e. The van der Waals surface area contributed by atoms with Gasteiger partial charge in [0.25, 0.3) is 0 Å². The Morgan fingerprint density at radius 3 is 2.63 bits per heavy atom. The summed E-state index contributed by atoms with van der Waals surface area (Å²) in [6, 6.07) is 7.03. The summed E-state index contributed by atoms with van der Waals surface area (Å²) in [7, 11) is 0.534. The van der Waals surface area contributed by atoms with Gasteiger partial charge in [0.15, 0.2) is 20.8 Å². The van der Waals surface area contributed by atoms with Gasteiger partial charge in [-0.05, 0) is 43.5 Å². The number of aromatic nitrogens is 3. The topological polar surface area (TPSA) is 91.2 Å². The van der Waals surface area contributed by atoms with Crippen LogP contribution >= 0.6 is 11.8 Å². The molecule has 0 aliphatic carbocycles. The van der Waals surface area contributed by atoms with Crippen LogP contribution in [0.1, 0.15) is 29.5 Å². The van der Waals surface area contributed by atoms with Crippen molar-refractivity contribution in [2.75, 3.05) is 18.6 Å². The first kappa shape index (κ1) is 19.9. The number of rotatable bonds is 7. The minimum Gasteiger partial charge on any atom is -0.497 e. The summed E-state index contributed by atoms with van der Waals surface area (Å²) < 4.78 is 30.2. The number of carbonyl (C=O) groups is 1. The van der Waals surface area contributed by atoms with E-state index >= 15 is 0 Å². The molecule has 1 aliphatic rings. The molecule has 0 N–H and O–H groups in total. The second-order valence-electron chi connectivity index (χ2n) is 6.78.